The molecule has 0 amide bonds. The highest BCUT2D eigenvalue weighted by molar-refractivity contribution is 7.98. The van der Waals surface area contributed by atoms with Crippen LogP contribution in [0, 0.1) is 0 Å². The van der Waals surface area contributed by atoms with Gasteiger partial charge in [-0.1, -0.05) is 48.5 Å². The molecule has 2 nitrogen and oxygen atoms in total. The summed E-state index contributed by atoms with van der Waals surface area (Å²) in [7, 11) is 0. The molecular formula is C18H14O2S. The third-order valence-corrected chi connectivity index (χ3v) is 4.44. The molecule has 104 valence electrons. The number of rotatable bonds is 4. The van der Waals surface area contributed by atoms with E-state index in [-0.39, 0.29) is 0 Å². The molecule has 0 spiro atoms. The van der Waals surface area contributed by atoms with Crippen molar-refractivity contribution >= 4 is 28.5 Å². The fourth-order valence-corrected chi connectivity index (χ4v) is 3.34. The number of aromatic carboxylic acids is 1. The lowest BCUT2D eigenvalue weighted by Gasteiger charge is -2.10. The third-order valence-electron chi connectivity index (χ3n) is 3.40. The van der Waals surface area contributed by atoms with Crippen molar-refractivity contribution in [2.24, 2.45) is 0 Å². The zero-order valence-electron chi connectivity index (χ0n) is 11.3. The van der Waals surface area contributed by atoms with Crippen LogP contribution >= 0.6 is 11.8 Å². The average Bonchev–Trinajstić information content (AvgIpc) is 2.53. The molecule has 3 rings (SSSR count). The molecule has 0 radical (unpaired) electrons. The molecule has 0 saturated heterocycles. The fourth-order valence-electron chi connectivity index (χ4n) is 2.36. The minimum absolute atomic E-state index is 0.386. The molecule has 3 aromatic rings. The van der Waals surface area contributed by atoms with E-state index >= 15 is 0 Å². The van der Waals surface area contributed by atoms with Crippen LogP contribution in [0.4, 0.5) is 0 Å². The van der Waals surface area contributed by atoms with Crippen molar-refractivity contribution in [1.29, 1.82) is 0 Å². The van der Waals surface area contributed by atoms with Crippen molar-refractivity contribution in [1.82, 2.24) is 0 Å². The van der Waals surface area contributed by atoms with Gasteiger partial charge in [-0.25, -0.2) is 4.79 Å². The number of thioether (sulfide) groups is 1. The van der Waals surface area contributed by atoms with Crippen molar-refractivity contribution < 1.29 is 9.90 Å². The molecule has 1 N–H and O–H groups in total. The van der Waals surface area contributed by atoms with Crippen molar-refractivity contribution in [3.05, 3.63) is 77.9 Å². The second-order valence-electron chi connectivity index (χ2n) is 4.72. The summed E-state index contributed by atoms with van der Waals surface area (Å²) in [4.78, 5) is 12.6. The second kappa shape index (κ2) is 6.02. The summed E-state index contributed by atoms with van der Waals surface area (Å²) in [5.41, 5.74) is 1.27. The zero-order valence-corrected chi connectivity index (χ0v) is 12.1. The summed E-state index contributed by atoms with van der Waals surface area (Å²) in [5, 5.41) is 11.5. The Bertz CT molecular complexity index is 782. The molecule has 0 aliphatic carbocycles. The molecule has 0 aliphatic rings. The van der Waals surface area contributed by atoms with Gasteiger partial charge in [-0.2, -0.15) is 0 Å². The van der Waals surface area contributed by atoms with Gasteiger partial charge >= 0.3 is 5.97 Å². The van der Waals surface area contributed by atoms with Crippen LogP contribution in [0.15, 0.2) is 71.6 Å². The number of hydrogen-bond donors (Lipinski definition) is 1. The first-order valence-corrected chi connectivity index (χ1v) is 7.66. The molecule has 3 heteroatoms. The maximum Gasteiger partial charge on any atom is 0.336 e. The SMILES string of the molecule is O=C(O)c1ccc2ccccc2c1CSc1ccccc1. The minimum Gasteiger partial charge on any atom is -0.478 e. The van der Waals surface area contributed by atoms with Gasteiger partial charge in [-0.05, 0) is 34.5 Å². The molecular weight excluding hydrogens is 280 g/mol. The molecule has 21 heavy (non-hydrogen) atoms. The van der Waals surface area contributed by atoms with Gasteiger partial charge in [-0.3, -0.25) is 0 Å². The Morgan fingerprint density at radius 1 is 0.905 bits per heavy atom. The van der Waals surface area contributed by atoms with E-state index in [1.54, 1.807) is 17.8 Å². The maximum absolute atomic E-state index is 11.5. The minimum atomic E-state index is -0.871. The Morgan fingerprint density at radius 3 is 2.38 bits per heavy atom. The van der Waals surface area contributed by atoms with E-state index < -0.39 is 5.97 Å². The summed E-state index contributed by atoms with van der Waals surface area (Å²) < 4.78 is 0. The van der Waals surface area contributed by atoms with E-state index in [0.29, 0.717) is 11.3 Å². The van der Waals surface area contributed by atoms with E-state index in [1.165, 1.54) is 0 Å². The quantitative estimate of drug-likeness (QED) is 0.700. The van der Waals surface area contributed by atoms with Crippen LogP contribution in [0.25, 0.3) is 10.8 Å². The predicted molar refractivity (Wildman–Crippen MR) is 86.9 cm³/mol. The molecule has 3 aromatic carbocycles. The Morgan fingerprint density at radius 2 is 1.62 bits per heavy atom. The first kappa shape index (κ1) is 13.7. The lowest BCUT2D eigenvalue weighted by molar-refractivity contribution is 0.0696. The Hall–Kier alpha value is -2.26. The average molecular weight is 294 g/mol. The van der Waals surface area contributed by atoms with Crippen LogP contribution in [-0.4, -0.2) is 11.1 Å². The van der Waals surface area contributed by atoms with E-state index in [1.807, 2.05) is 60.7 Å². The number of carboxylic acid groups (broad SMARTS) is 1. The summed E-state index contributed by atoms with van der Waals surface area (Å²) in [6, 6.07) is 21.5. The van der Waals surface area contributed by atoms with Crippen LogP contribution in [0.3, 0.4) is 0 Å². The van der Waals surface area contributed by atoms with Crippen LogP contribution < -0.4 is 0 Å². The summed E-state index contributed by atoms with van der Waals surface area (Å²) >= 11 is 1.66. The van der Waals surface area contributed by atoms with Gasteiger partial charge in [0.25, 0.3) is 0 Å². The molecule has 0 aliphatic heterocycles. The van der Waals surface area contributed by atoms with Crippen LogP contribution in [0.5, 0.6) is 0 Å². The fraction of sp³-hybridized carbons (Fsp3) is 0.0556. The van der Waals surface area contributed by atoms with E-state index in [0.717, 1.165) is 21.2 Å². The standard InChI is InChI=1S/C18H14O2S/c19-18(20)16-11-10-13-6-4-5-9-15(13)17(16)12-21-14-7-2-1-3-8-14/h1-11H,12H2,(H,19,20). The Balaban J connectivity index is 2.02. The van der Waals surface area contributed by atoms with E-state index in [4.69, 9.17) is 0 Å². The van der Waals surface area contributed by atoms with E-state index in [9.17, 15) is 9.90 Å². The molecule has 0 unspecified atom stereocenters. The van der Waals surface area contributed by atoms with Crippen molar-refractivity contribution in [2.45, 2.75) is 10.6 Å². The van der Waals surface area contributed by atoms with Gasteiger partial charge in [0.05, 0.1) is 5.56 Å². The molecule has 0 heterocycles. The summed E-state index contributed by atoms with van der Waals surface area (Å²) in [6.07, 6.45) is 0. The molecule has 0 atom stereocenters. The lowest BCUT2D eigenvalue weighted by atomic mass is 10.0. The monoisotopic (exact) mass is 294 g/mol. The smallest absolute Gasteiger partial charge is 0.336 e. The first-order chi connectivity index (χ1) is 10.3. The zero-order chi connectivity index (χ0) is 14.7. The molecule has 0 aromatic heterocycles. The normalized spacial score (nSPS) is 10.7. The molecule has 0 fully saturated rings. The Kier molecular flexibility index (Phi) is 3.93. The van der Waals surface area contributed by atoms with Crippen molar-refractivity contribution in [3.63, 3.8) is 0 Å². The maximum atomic E-state index is 11.5. The van der Waals surface area contributed by atoms with Crippen molar-refractivity contribution in [2.75, 3.05) is 0 Å². The number of benzene rings is 3. The first-order valence-electron chi connectivity index (χ1n) is 6.67. The van der Waals surface area contributed by atoms with Gasteiger partial charge in [0.15, 0.2) is 0 Å². The third kappa shape index (κ3) is 2.93. The van der Waals surface area contributed by atoms with Gasteiger partial charge < -0.3 is 5.11 Å². The highest BCUT2D eigenvalue weighted by Gasteiger charge is 2.13. The number of fused-ring (bicyclic) bond motifs is 1. The van der Waals surface area contributed by atoms with Crippen LogP contribution in [0.2, 0.25) is 0 Å². The number of hydrogen-bond acceptors (Lipinski definition) is 2. The highest BCUT2D eigenvalue weighted by Crippen LogP contribution is 2.29. The molecule has 0 bridgehead atoms. The van der Waals surface area contributed by atoms with Gasteiger partial charge in [0.1, 0.15) is 0 Å². The van der Waals surface area contributed by atoms with Crippen molar-refractivity contribution in [3.8, 4) is 0 Å². The van der Waals surface area contributed by atoms with Crippen LogP contribution in [0.1, 0.15) is 15.9 Å². The highest BCUT2D eigenvalue weighted by atomic mass is 32.2. The topological polar surface area (TPSA) is 37.3 Å². The number of carbonyl (C=O) groups is 1. The second-order valence-corrected chi connectivity index (χ2v) is 5.77. The van der Waals surface area contributed by atoms with Crippen LogP contribution in [-0.2, 0) is 5.75 Å². The van der Waals surface area contributed by atoms with Gasteiger partial charge in [-0.15, -0.1) is 11.8 Å². The predicted octanol–water partition coefficient (Wildman–Crippen LogP) is 4.83. The number of carboxylic acids is 1. The van der Waals surface area contributed by atoms with E-state index in [2.05, 4.69) is 0 Å². The Labute approximate surface area is 127 Å². The van der Waals surface area contributed by atoms with Gasteiger partial charge in [0.2, 0.25) is 0 Å². The largest absolute Gasteiger partial charge is 0.478 e. The van der Waals surface area contributed by atoms with Gasteiger partial charge in [0, 0.05) is 10.6 Å². The summed E-state index contributed by atoms with van der Waals surface area (Å²) in [5.74, 6) is -0.225. The summed E-state index contributed by atoms with van der Waals surface area (Å²) in [6.45, 7) is 0. The lowest BCUT2D eigenvalue weighted by Crippen LogP contribution is -2.02. The molecule has 0 saturated carbocycles.